The van der Waals surface area contributed by atoms with Crippen LogP contribution in [-0.2, 0) is 27.3 Å². The number of amides is 2. The molecule has 0 bridgehead atoms. The lowest BCUT2D eigenvalue weighted by molar-refractivity contribution is -0.141. The molecule has 1 aliphatic rings. The molecular formula is C21H23N3O4. The lowest BCUT2D eigenvalue weighted by Crippen LogP contribution is -2.38. The molecule has 0 radical (unpaired) electrons. The van der Waals surface area contributed by atoms with Crippen molar-refractivity contribution in [3.8, 4) is 0 Å². The highest BCUT2D eigenvalue weighted by atomic mass is 16.4. The summed E-state index contributed by atoms with van der Waals surface area (Å²) in [6.07, 6.45) is 2.14. The quantitative estimate of drug-likeness (QED) is 0.722. The van der Waals surface area contributed by atoms with E-state index in [1.165, 1.54) is 0 Å². The minimum atomic E-state index is -0.955. The van der Waals surface area contributed by atoms with Crippen LogP contribution in [0.1, 0.15) is 17.7 Å². The first kappa shape index (κ1) is 19.5. The molecule has 0 spiro atoms. The summed E-state index contributed by atoms with van der Waals surface area (Å²) in [4.78, 5) is 42.0. The van der Waals surface area contributed by atoms with E-state index in [2.05, 4.69) is 10.3 Å². The van der Waals surface area contributed by atoms with Gasteiger partial charge in [0, 0.05) is 25.7 Å². The molecule has 1 aromatic heterocycles. The van der Waals surface area contributed by atoms with Crippen molar-refractivity contribution < 1.29 is 19.5 Å². The van der Waals surface area contributed by atoms with Gasteiger partial charge in [-0.1, -0.05) is 36.4 Å². The van der Waals surface area contributed by atoms with E-state index in [9.17, 15) is 19.5 Å². The predicted octanol–water partition coefficient (Wildman–Crippen LogP) is 1.49. The Balaban J connectivity index is 1.52. The minimum absolute atomic E-state index is 0.0357. The third-order valence-electron chi connectivity index (χ3n) is 4.86. The maximum Gasteiger partial charge on any atom is 0.308 e. The molecular weight excluding hydrogens is 358 g/mol. The van der Waals surface area contributed by atoms with Crippen molar-refractivity contribution in [2.45, 2.75) is 19.4 Å². The van der Waals surface area contributed by atoms with E-state index >= 15 is 0 Å². The van der Waals surface area contributed by atoms with Gasteiger partial charge in [-0.3, -0.25) is 19.4 Å². The third kappa shape index (κ3) is 5.16. The second kappa shape index (κ2) is 9.12. The number of hydrogen-bond acceptors (Lipinski definition) is 4. The topological polar surface area (TPSA) is 99.6 Å². The van der Waals surface area contributed by atoms with Crippen molar-refractivity contribution in [2.24, 2.45) is 11.8 Å². The average Bonchev–Trinajstić information content (AvgIpc) is 3.07. The second-order valence-corrected chi connectivity index (χ2v) is 6.97. The monoisotopic (exact) mass is 381 g/mol. The number of carbonyl (C=O) groups excluding carboxylic acids is 2. The molecule has 1 aromatic carbocycles. The molecule has 2 heterocycles. The van der Waals surface area contributed by atoms with Gasteiger partial charge >= 0.3 is 5.97 Å². The maximum absolute atomic E-state index is 12.5. The van der Waals surface area contributed by atoms with Gasteiger partial charge in [0.25, 0.3) is 0 Å². The zero-order chi connectivity index (χ0) is 19.9. The van der Waals surface area contributed by atoms with Crippen molar-refractivity contribution in [1.29, 1.82) is 0 Å². The van der Waals surface area contributed by atoms with Crippen LogP contribution in [0, 0.1) is 11.8 Å². The minimum Gasteiger partial charge on any atom is -0.481 e. The number of carboxylic acids is 1. The van der Waals surface area contributed by atoms with E-state index in [0.717, 1.165) is 11.3 Å². The number of benzene rings is 1. The number of aromatic nitrogens is 1. The maximum atomic E-state index is 12.5. The second-order valence-electron chi connectivity index (χ2n) is 6.97. The molecule has 28 heavy (non-hydrogen) atoms. The van der Waals surface area contributed by atoms with Crippen molar-refractivity contribution in [2.75, 3.05) is 13.1 Å². The Hall–Kier alpha value is -3.22. The Morgan fingerprint density at radius 1 is 1.18 bits per heavy atom. The lowest BCUT2D eigenvalue weighted by Gasteiger charge is -2.17. The predicted molar refractivity (Wildman–Crippen MR) is 102 cm³/mol. The Morgan fingerprint density at radius 2 is 1.93 bits per heavy atom. The molecule has 7 nitrogen and oxygen atoms in total. The van der Waals surface area contributed by atoms with Crippen molar-refractivity contribution in [1.82, 2.24) is 15.2 Å². The summed E-state index contributed by atoms with van der Waals surface area (Å²) in [6, 6.07) is 14.8. The fraction of sp³-hybridized carbons (Fsp3) is 0.333. The van der Waals surface area contributed by atoms with Crippen LogP contribution in [0.15, 0.2) is 54.7 Å². The van der Waals surface area contributed by atoms with Crippen LogP contribution in [0.5, 0.6) is 0 Å². The molecule has 2 atom stereocenters. The Bertz CT molecular complexity index is 826. The first-order valence-corrected chi connectivity index (χ1v) is 9.25. The van der Waals surface area contributed by atoms with Gasteiger partial charge in [-0.25, -0.2) is 0 Å². The smallest absolute Gasteiger partial charge is 0.308 e. The summed E-state index contributed by atoms with van der Waals surface area (Å²) in [7, 11) is 0. The van der Waals surface area contributed by atoms with E-state index in [4.69, 9.17) is 0 Å². The Kier molecular flexibility index (Phi) is 6.37. The van der Waals surface area contributed by atoms with Crippen molar-refractivity contribution in [3.63, 3.8) is 0 Å². The Morgan fingerprint density at radius 3 is 2.61 bits per heavy atom. The zero-order valence-corrected chi connectivity index (χ0v) is 15.5. The number of aliphatic carboxylic acids is 1. The van der Waals surface area contributed by atoms with Crippen molar-refractivity contribution in [3.05, 3.63) is 66.0 Å². The SMILES string of the molecule is O=C(O)[C@H](CNC(=O)[C@@H]1CC(=O)N(Cc2ccccn2)C1)Cc1ccccc1. The van der Waals surface area contributed by atoms with Crippen LogP contribution in [-0.4, -0.2) is 45.9 Å². The molecule has 1 saturated heterocycles. The molecule has 2 aromatic rings. The summed E-state index contributed by atoms with van der Waals surface area (Å²) in [5, 5.41) is 12.2. The number of nitrogens with one attached hydrogen (secondary N) is 1. The summed E-state index contributed by atoms with van der Waals surface area (Å²) >= 11 is 0. The van der Waals surface area contributed by atoms with E-state index in [0.29, 0.717) is 19.5 Å². The van der Waals surface area contributed by atoms with E-state index in [1.807, 2.05) is 42.5 Å². The summed E-state index contributed by atoms with van der Waals surface area (Å²) < 4.78 is 0. The van der Waals surface area contributed by atoms with Crippen LogP contribution in [0.4, 0.5) is 0 Å². The number of pyridine rings is 1. The fourth-order valence-corrected chi connectivity index (χ4v) is 3.30. The molecule has 146 valence electrons. The fourth-order valence-electron chi connectivity index (χ4n) is 3.30. The number of hydrogen-bond donors (Lipinski definition) is 2. The molecule has 3 rings (SSSR count). The third-order valence-corrected chi connectivity index (χ3v) is 4.86. The van der Waals surface area contributed by atoms with Crippen LogP contribution in [0.25, 0.3) is 0 Å². The van der Waals surface area contributed by atoms with Crippen LogP contribution < -0.4 is 5.32 Å². The highest BCUT2D eigenvalue weighted by Gasteiger charge is 2.34. The van der Waals surface area contributed by atoms with Gasteiger partial charge in [0.15, 0.2) is 0 Å². The molecule has 0 saturated carbocycles. The first-order valence-electron chi connectivity index (χ1n) is 9.25. The number of carboxylic acid groups (broad SMARTS) is 1. The van der Waals surface area contributed by atoms with Gasteiger partial charge in [0.2, 0.25) is 11.8 Å². The highest BCUT2D eigenvalue weighted by molar-refractivity contribution is 5.89. The summed E-state index contributed by atoms with van der Waals surface area (Å²) in [5.74, 6) is -2.51. The highest BCUT2D eigenvalue weighted by Crippen LogP contribution is 2.20. The summed E-state index contributed by atoms with van der Waals surface area (Å²) in [6.45, 7) is 0.723. The standard InChI is InChI=1S/C21H23N3O4/c25-19-11-17(13-24(19)14-18-8-4-5-9-22-18)20(26)23-12-16(21(27)28)10-15-6-2-1-3-7-15/h1-9,16-17H,10-14H2,(H,23,26)(H,27,28)/t16-,17+/m0/s1. The van der Waals surface area contributed by atoms with E-state index < -0.39 is 17.8 Å². The van der Waals surface area contributed by atoms with E-state index in [1.54, 1.807) is 17.2 Å². The van der Waals surface area contributed by atoms with Gasteiger partial charge in [-0.2, -0.15) is 0 Å². The van der Waals surface area contributed by atoms with Crippen LogP contribution in [0.3, 0.4) is 0 Å². The van der Waals surface area contributed by atoms with Gasteiger partial charge < -0.3 is 15.3 Å². The molecule has 0 aliphatic carbocycles. The normalized spacial score (nSPS) is 17.4. The number of likely N-dealkylation sites (tertiary alicyclic amines) is 1. The first-order chi connectivity index (χ1) is 13.5. The van der Waals surface area contributed by atoms with E-state index in [-0.39, 0.29) is 24.8 Å². The number of nitrogens with zero attached hydrogens (tertiary/aromatic N) is 2. The number of rotatable bonds is 8. The van der Waals surface area contributed by atoms with Crippen LogP contribution in [0.2, 0.25) is 0 Å². The largest absolute Gasteiger partial charge is 0.481 e. The van der Waals surface area contributed by atoms with Gasteiger partial charge in [-0.05, 0) is 24.1 Å². The molecule has 1 aliphatic heterocycles. The van der Waals surface area contributed by atoms with Crippen molar-refractivity contribution >= 4 is 17.8 Å². The molecule has 1 fully saturated rings. The van der Waals surface area contributed by atoms with Gasteiger partial charge in [-0.15, -0.1) is 0 Å². The average molecular weight is 381 g/mol. The number of carbonyl (C=O) groups is 3. The molecule has 2 N–H and O–H groups in total. The summed E-state index contributed by atoms with van der Waals surface area (Å²) in [5.41, 5.74) is 1.67. The molecule has 0 unspecified atom stereocenters. The zero-order valence-electron chi connectivity index (χ0n) is 15.5. The molecule has 7 heteroatoms. The van der Waals surface area contributed by atoms with Gasteiger partial charge in [0.1, 0.15) is 0 Å². The lowest BCUT2D eigenvalue weighted by atomic mass is 9.99. The molecule has 2 amide bonds. The van der Waals surface area contributed by atoms with Crippen LogP contribution >= 0.6 is 0 Å². The Labute approximate surface area is 163 Å². The van der Waals surface area contributed by atoms with Gasteiger partial charge in [0.05, 0.1) is 24.1 Å².